The average molecular weight is 465 g/mol. The summed E-state index contributed by atoms with van der Waals surface area (Å²) < 4.78 is 37.5. The maximum atomic E-state index is 12.9. The number of urea groups is 1. The Balaban J connectivity index is 1.41. The van der Waals surface area contributed by atoms with Crippen molar-refractivity contribution >= 4 is 35.2 Å². The molecule has 6 nitrogen and oxygen atoms in total. The second kappa shape index (κ2) is 9.40. The van der Waals surface area contributed by atoms with Crippen molar-refractivity contribution in [1.82, 2.24) is 9.88 Å². The fraction of sp³-hybridized carbons (Fsp3) is 0.409. The van der Waals surface area contributed by atoms with E-state index in [0.29, 0.717) is 6.04 Å². The molecule has 1 N–H and O–H groups in total. The lowest BCUT2D eigenvalue weighted by molar-refractivity contribution is -0.116. The highest BCUT2D eigenvalue weighted by Gasteiger charge is 2.37. The molecule has 10 heteroatoms. The number of hydrogen-bond acceptors (Lipinski definition) is 5. The van der Waals surface area contributed by atoms with Crippen molar-refractivity contribution in [3.8, 4) is 0 Å². The van der Waals surface area contributed by atoms with E-state index in [1.54, 1.807) is 12.3 Å². The Morgan fingerprint density at radius 1 is 1.06 bits per heavy atom. The van der Waals surface area contributed by atoms with E-state index in [-0.39, 0.29) is 35.4 Å². The predicted molar refractivity (Wildman–Crippen MR) is 116 cm³/mol. The van der Waals surface area contributed by atoms with Gasteiger partial charge in [0.2, 0.25) is 0 Å². The van der Waals surface area contributed by atoms with Crippen LogP contribution in [0, 0.1) is 0 Å². The zero-order chi connectivity index (χ0) is 22.7. The van der Waals surface area contributed by atoms with Gasteiger partial charge in [-0.25, -0.2) is 14.7 Å². The molecule has 2 aliphatic rings. The van der Waals surface area contributed by atoms with Crippen LogP contribution in [-0.4, -0.2) is 39.9 Å². The number of amides is 3. The van der Waals surface area contributed by atoms with Crippen molar-refractivity contribution in [2.24, 2.45) is 0 Å². The first-order valence-electron chi connectivity index (χ1n) is 10.5. The molecule has 1 aliphatic carbocycles. The number of imide groups is 1. The quantitative estimate of drug-likeness (QED) is 0.458. The van der Waals surface area contributed by atoms with E-state index in [4.69, 9.17) is 0 Å². The number of halogens is 3. The first-order valence-corrected chi connectivity index (χ1v) is 11.3. The summed E-state index contributed by atoms with van der Waals surface area (Å²) in [4.78, 5) is 32.1. The topological polar surface area (TPSA) is 65.5 Å². The van der Waals surface area contributed by atoms with Gasteiger partial charge in [0, 0.05) is 23.7 Å². The lowest BCUT2D eigenvalue weighted by Gasteiger charge is -2.23. The van der Waals surface area contributed by atoms with Crippen LogP contribution in [0.3, 0.4) is 0 Å². The standard InChI is InChI=1S/C22H23F3N4O2S/c23-22(24,25)32-18-8-6-17(7-9-18)29-20(30)14-28(21(29)31)13-15-10-11-26-19(12-15)27-16-4-2-1-3-5-16/h6-12,16H,1-5,13-14H2,(H,26,27). The lowest BCUT2D eigenvalue weighted by atomic mass is 9.95. The van der Waals surface area contributed by atoms with Gasteiger partial charge in [-0.05, 0) is 66.6 Å². The first kappa shape index (κ1) is 22.4. The molecule has 1 aromatic heterocycles. The highest BCUT2D eigenvalue weighted by Crippen LogP contribution is 2.37. The van der Waals surface area contributed by atoms with Crippen LogP contribution in [0.4, 0.5) is 29.5 Å². The van der Waals surface area contributed by atoms with Crippen LogP contribution in [0.1, 0.15) is 37.7 Å². The van der Waals surface area contributed by atoms with Gasteiger partial charge in [-0.15, -0.1) is 0 Å². The second-order valence-electron chi connectivity index (χ2n) is 7.94. The highest BCUT2D eigenvalue weighted by molar-refractivity contribution is 8.00. The normalized spacial score (nSPS) is 17.8. The van der Waals surface area contributed by atoms with Gasteiger partial charge in [-0.3, -0.25) is 4.79 Å². The summed E-state index contributed by atoms with van der Waals surface area (Å²) in [6, 6.07) is 8.80. The summed E-state index contributed by atoms with van der Waals surface area (Å²) in [5.74, 6) is 0.336. The third kappa shape index (κ3) is 5.53. The Hall–Kier alpha value is -2.75. The molecule has 2 aromatic rings. The fourth-order valence-corrected chi connectivity index (χ4v) is 4.59. The van der Waals surface area contributed by atoms with Crippen molar-refractivity contribution < 1.29 is 22.8 Å². The summed E-state index contributed by atoms with van der Waals surface area (Å²) in [6.45, 7) is 0.149. The van der Waals surface area contributed by atoms with Crippen LogP contribution in [0.25, 0.3) is 0 Å². The summed E-state index contributed by atoms with van der Waals surface area (Å²) in [5, 5.41) is 3.45. The highest BCUT2D eigenvalue weighted by atomic mass is 32.2. The van der Waals surface area contributed by atoms with Crippen LogP contribution < -0.4 is 10.2 Å². The molecular formula is C22H23F3N4O2S. The number of benzene rings is 1. The predicted octanol–water partition coefficient (Wildman–Crippen LogP) is 5.41. The average Bonchev–Trinajstić information content (AvgIpc) is 3.01. The number of hydrogen-bond donors (Lipinski definition) is 1. The number of nitrogens with one attached hydrogen (secondary N) is 1. The molecular weight excluding hydrogens is 441 g/mol. The number of anilines is 2. The van der Waals surface area contributed by atoms with Gasteiger partial charge in [0.25, 0.3) is 5.91 Å². The molecule has 4 rings (SSSR count). The Kier molecular flexibility index (Phi) is 6.59. The molecule has 2 fully saturated rings. The molecule has 1 aromatic carbocycles. The fourth-order valence-electron chi connectivity index (χ4n) is 4.05. The van der Waals surface area contributed by atoms with Gasteiger partial charge in [-0.1, -0.05) is 19.3 Å². The zero-order valence-corrected chi connectivity index (χ0v) is 18.1. The van der Waals surface area contributed by atoms with Gasteiger partial charge in [-0.2, -0.15) is 13.2 Å². The van der Waals surface area contributed by atoms with Crippen LogP contribution >= 0.6 is 11.8 Å². The molecule has 1 aliphatic heterocycles. The van der Waals surface area contributed by atoms with Crippen molar-refractivity contribution in [2.45, 2.75) is 55.1 Å². The minimum atomic E-state index is -4.40. The van der Waals surface area contributed by atoms with Gasteiger partial charge in [0.15, 0.2) is 0 Å². The smallest absolute Gasteiger partial charge is 0.367 e. The third-order valence-electron chi connectivity index (χ3n) is 5.52. The van der Waals surface area contributed by atoms with E-state index in [9.17, 15) is 22.8 Å². The first-order chi connectivity index (χ1) is 15.3. The minimum absolute atomic E-state index is 0.00742. The van der Waals surface area contributed by atoms with Gasteiger partial charge < -0.3 is 10.2 Å². The Morgan fingerprint density at radius 3 is 2.47 bits per heavy atom. The number of rotatable bonds is 6. The summed E-state index contributed by atoms with van der Waals surface area (Å²) >= 11 is -0.241. The zero-order valence-electron chi connectivity index (χ0n) is 17.3. The van der Waals surface area contributed by atoms with Crippen LogP contribution in [-0.2, 0) is 11.3 Å². The van der Waals surface area contributed by atoms with Crippen molar-refractivity contribution in [2.75, 3.05) is 16.8 Å². The monoisotopic (exact) mass is 464 g/mol. The van der Waals surface area contributed by atoms with E-state index >= 15 is 0 Å². The summed E-state index contributed by atoms with van der Waals surface area (Å²) in [7, 11) is 0. The number of carbonyl (C=O) groups excluding carboxylic acids is 2. The molecule has 2 heterocycles. The van der Waals surface area contributed by atoms with Crippen LogP contribution in [0.2, 0.25) is 0 Å². The van der Waals surface area contributed by atoms with E-state index in [0.717, 1.165) is 29.1 Å². The Bertz CT molecular complexity index is 978. The minimum Gasteiger partial charge on any atom is -0.367 e. The molecule has 1 saturated carbocycles. The van der Waals surface area contributed by atoms with Crippen molar-refractivity contribution in [3.05, 3.63) is 48.2 Å². The summed E-state index contributed by atoms with van der Waals surface area (Å²) in [5.41, 5.74) is -3.30. The molecule has 1 saturated heterocycles. The van der Waals surface area contributed by atoms with E-state index in [1.807, 2.05) is 6.07 Å². The molecule has 0 bridgehead atoms. The van der Waals surface area contributed by atoms with Crippen LogP contribution in [0.15, 0.2) is 47.5 Å². The Labute approximate surface area is 188 Å². The van der Waals surface area contributed by atoms with Gasteiger partial charge in [0.1, 0.15) is 12.4 Å². The van der Waals surface area contributed by atoms with E-state index < -0.39 is 17.4 Å². The number of pyridine rings is 1. The molecule has 0 unspecified atom stereocenters. The maximum absolute atomic E-state index is 12.9. The number of carbonyl (C=O) groups is 2. The number of nitrogens with zero attached hydrogens (tertiary/aromatic N) is 3. The van der Waals surface area contributed by atoms with Gasteiger partial charge in [0.05, 0.1) is 5.69 Å². The number of alkyl halides is 3. The number of aromatic nitrogens is 1. The molecule has 32 heavy (non-hydrogen) atoms. The maximum Gasteiger partial charge on any atom is 0.446 e. The molecule has 0 atom stereocenters. The second-order valence-corrected chi connectivity index (χ2v) is 9.08. The van der Waals surface area contributed by atoms with E-state index in [2.05, 4.69) is 10.3 Å². The molecule has 0 radical (unpaired) electrons. The molecule has 0 spiro atoms. The Morgan fingerprint density at radius 2 is 1.78 bits per heavy atom. The molecule has 170 valence electrons. The van der Waals surface area contributed by atoms with Crippen LogP contribution in [0.5, 0.6) is 0 Å². The van der Waals surface area contributed by atoms with Crippen molar-refractivity contribution in [1.29, 1.82) is 0 Å². The van der Waals surface area contributed by atoms with Gasteiger partial charge >= 0.3 is 11.5 Å². The summed E-state index contributed by atoms with van der Waals surface area (Å²) in [6.07, 6.45) is 7.57. The van der Waals surface area contributed by atoms with Crippen molar-refractivity contribution in [3.63, 3.8) is 0 Å². The third-order valence-corrected chi connectivity index (χ3v) is 6.26. The lowest BCUT2D eigenvalue weighted by Crippen LogP contribution is -2.32. The molecule has 3 amide bonds. The number of thioether (sulfide) groups is 1. The van der Waals surface area contributed by atoms with E-state index in [1.165, 1.54) is 48.4 Å². The largest absolute Gasteiger partial charge is 0.446 e. The SMILES string of the molecule is O=C1CN(Cc2ccnc(NC3CCCCC3)c2)C(=O)N1c1ccc(SC(F)(F)F)cc1.